The van der Waals surface area contributed by atoms with Gasteiger partial charge in [0, 0.05) is 12.1 Å². The molecule has 0 saturated heterocycles. The van der Waals surface area contributed by atoms with Gasteiger partial charge in [0.25, 0.3) is 0 Å². The maximum absolute atomic E-state index is 4.43. The van der Waals surface area contributed by atoms with Crippen LogP contribution < -0.4 is 5.32 Å². The Morgan fingerprint density at radius 2 is 1.90 bits per heavy atom. The summed E-state index contributed by atoms with van der Waals surface area (Å²) in [5.74, 6) is 0.993. The predicted octanol–water partition coefficient (Wildman–Crippen LogP) is 1.83. The highest BCUT2D eigenvalue weighted by Gasteiger charge is 2.08. The quantitative estimate of drug-likeness (QED) is 0.794. The molecule has 1 aliphatic rings. The number of rotatable bonds is 3. The number of nitrogens with one attached hydrogen (secondary N) is 1. The number of fused-ring (bicyclic) bond motifs is 1. The van der Waals surface area contributed by atoms with Gasteiger partial charge < -0.3 is 5.32 Å². The number of nitrogens with zero attached hydrogens (tertiary/aromatic N) is 4. The van der Waals surface area contributed by atoms with E-state index in [9.17, 15) is 0 Å². The van der Waals surface area contributed by atoms with Crippen LogP contribution in [0.4, 0.5) is 0 Å². The molecule has 21 heavy (non-hydrogen) atoms. The molecule has 0 radical (unpaired) electrons. The SMILES string of the molecule is c1ccc2c(c1)nnn2Cc1ccc(C2=NCCN2)cc1. The summed E-state index contributed by atoms with van der Waals surface area (Å²) < 4.78 is 1.93. The average molecular weight is 277 g/mol. The molecule has 3 aromatic rings. The third-order valence-electron chi connectivity index (χ3n) is 3.65. The number of aliphatic imine (C=N–C) groups is 1. The van der Waals surface area contributed by atoms with Crippen LogP contribution in [0, 0.1) is 0 Å². The first-order chi connectivity index (χ1) is 10.4. The molecule has 0 amide bonds. The minimum absolute atomic E-state index is 0.723. The zero-order valence-corrected chi connectivity index (χ0v) is 11.5. The van der Waals surface area contributed by atoms with Gasteiger partial charge >= 0.3 is 0 Å². The Kier molecular flexibility index (Phi) is 2.88. The van der Waals surface area contributed by atoms with Crippen molar-refractivity contribution >= 4 is 16.9 Å². The lowest BCUT2D eigenvalue weighted by Gasteiger charge is -2.05. The number of hydrogen-bond donors (Lipinski definition) is 1. The van der Waals surface area contributed by atoms with Crippen molar-refractivity contribution in [3.05, 3.63) is 59.7 Å². The lowest BCUT2D eigenvalue weighted by molar-refractivity contribution is 0.670. The van der Waals surface area contributed by atoms with Crippen molar-refractivity contribution in [1.29, 1.82) is 0 Å². The first-order valence-electron chi connectivity index (χ1n) is 7.06. The van der Waals surface area contributed by atoms with Gasteiger partial charge in [-0.25, -0.2) is 4.68 Å². The van der Waals surface area contributed by atoms with Gasteiger partial charge in [-0.2, -0.15) is 0 Å². The lowest BCUT2D eigenvalue weighted by Crippen LogP contribution is -2.19. The van der Waals surface area contributed by atoms with Crippen molar-refractivity contribution in [3.63, 3.8) is 0 Å². The molecular weight excluding hydrogens is 262 g/mol. The molecule has 1 N–H and O–H groups in total. The van der Waals surface area contributed by atoms with Crippen LogP contribution in [0.2, 0.25) is 0 Å². The molecule has 0 bridgehead atoms. The molecule has 4 rings (SSSR count). The molecule has 1 aromatic heterocycles. The van der Waals surface area contributed by atoms with E-state index in [4.69, 9.17) is 0 Å². The van der Waals surface area contributed by atoms with Crippen molar-refractivity contribution in [2.75, 3.05) is 13.1 Å². The van der Waals surface area contributed by atoms with Crippen molar-refractivity contribution < 1.29 is 0 Å². The number of amidine groups is 1. The Morgan fingerprint density at radius 1 is 1.05 bits per heavy atom. The number of hydrogen-bond acceptors (Lipinski definition) is 4. The maximum Gasteiger partial charge on any atom is 0.128 e. The fraction of sp³-hybridized carbons (Fsp3) is 0.188. The highest BCUT2D eigenvalue weighted by Crippen LogP contribution is 2.13. The van der Waals surface area contributed by atoms with E-state index in [2.05, 4.69) is 44.9 Å². The van der Waals surface area contributed by atoms with Crippen LogP contribution in [0.3, 0.4) is 0 Å². The number of para-hydroxylation sites is 1. The summed E-state index contributed by atoms with van der Waals surface area (Å²) in [6.07, 6.45) is 0. The Morgan fingerprint density at radius 3 is 2.71 bits per heavy atom. The van der Waals surface area contributed by atoms with Crippen molar-refractivity contribution in [2.45, 2.75) is 6.54 Å². The van der Waals surface area contributed by atoms with Gasteiger partial charge in [0.2, 0.25) is 0 Å². The average Bonchev–Trinajstić information content (AvgIpc) is 3.19. The summed E-state index contributed by atoms with van der Waals surface area (Å²) >= 11 is 0. The summed E-state index contributed by atoms with van der Waals surface area (Å²) in [6.45, 7) is 2.52. The Balaban J connectivity index is 1.59. The molecule has 0 fully saturated rings. The van der Waals surface area contributed by atoms with Gasteiger partial charge in [0.1, 0.15) is 11.4 Å². The normalized spacial score (nSPS) is 14.2. The van der Waals surface area contributed by atoms with Gasteiger partial charge in [-0.15, -0.1) is 5.10 Å². The smallest absolute Gasteiger partial charge is 0.128 e. The standard InChI is InChI=1S/C16H15N5/c1-2-4-15-14(3-1)19-20-21(15)11-12-5-7-13(8-6-12)16-17-9-10-18-16/h1-8H,9-11H2,(H,17,18). The second-order valence-corrected chi connectivity index (χ2v) is 5.09. The third-order valence-corrected chi connectivity index (χ3v) is 3.65. The molecule has 5 nitrogen and oxygen atoms in total. The highest BCUT2D eigenvalue weighted by molar-refractivity contribution is 5.99. The van der Waals surface area contributed by atoms with Crippen LogP contribution in [0.1, 0.15) is 11.1 Å². The van der Waals surface area contributed by atoms with Crippen molar-refractivity contribution in [3.8, 4) is 0 Å². The maximum atomic E-state index is 4.43. The van der Waals surface area contributed by atoms with Crippen molar-refractivity contribution in [2.24, 2.45) is 4.99 Å². The fourth-order valence-corrected chi connectivity index (χ4v) is 2.57. The minimum Gasteiger partial charge on any atom is -0.368 e. The van der Waals surface area contributed by atoms with E-state index in [1.54, 1.807) is 0 Å². The zero-order chi connectivity index (χ0) is 14.1. The van der Waals surface area contributed by atoms with Gasteiger partial charge in [0.15, 0.2) is 0 Å². The van der Waals surface area contributed by atoms with Crippen LogP contribution >= 0.6 is 0 Å². The topological polar surface area (TPSA) is 55.1 Å². The van der Waals surface area contributed by atoms with Crippen LogP contribution in [-0.2, 0) is 6.54 Å². The second kappa shape index (κ2) is 5.01. The van der Waals surface area contributed by atoms with Crippen LogP contribution in [0.25, 0.3) is 11.0 Å². The summed E-state index contributed by atoms with van der Waals surface area (Å²) in [5, 5.41) is 11.7. The van der Waals surface area contributed by atoms with Gasteiger partial charge in [0.05, 0.1) is 18.6 Å². The molecule has 1 aliphatic heterocycles. The molecule has 5 heteroatoms. The number of aromatic nitrogens is 3. The third kappa shape index (κ3) is 2.27. The van der Waals surface area contributed by atoms with E-state index in [1.165, 1.54) is 5.56 Å². The monoisotopic (exact) mass is 277 g/mol. The Bertz CT molecular complexity index is 801. The first-order valence-corrected chi connectivity index (χ1v) is 7.06. The summed E-state index contributed by atoms with van der Waals surface area (Å²) in [6, 6.07) is 16.5. The molecule has 0 saturated carbocycles. The molecule has 2 aromatic carbocycles. The molecule has 0 atom stereocenters. The predicted molar refractivity (Wildman–Crippen MR) is 82.5 cm³/mol. The molecule has 0 spiro atoms. The molecule has 0 unspecified atom stereocenters. The fourth-order valence-electron chi connectivity index (χ4n) is 2.57. The van der Waals surface area contributed by atoms with E-state index >= 15 is 0 Å². The molecule has 2 heterocycles. The zero-order valence-electron chi connectivity index (χ0n) is 11.5. The summed E-state index contributed by atoms with van der Waals surface area (Å²) in [7, 11) is 0. The summed E-state index contributed by atoms with van der Waals surface area (Å²) in [5.41, 5.74) is 4.33. The first kappa shape index (κ1) is 12.1. The van der Waals surface area contributed by atoms with Gasteiger partial charge in [-0.1, -0.05) is 41.6 Å². The largest absolute Gasteiger partial charge is 0.368 e. The van der Waals surface area contributed by atoms with E-state index in [1.807, 2.05) is 28.9 Å². The van der Waals surface area contributed by atoms with Gasteiger partial charge in [-0.3, -0.25) is 4.99 Å². The molecule has 104 valence electrons. The van der Waals surface area contributed by atoms with E-state index < -0.39 is 0 Å². The minimum atomic E-state index is 0.723. The number of benzene rings is 2. The van der Waals surface area contributed by atoms with Crippen LogP contribution in [0.5, 0.6) is 0 Å². The Hall–Kier alpha value is -2.69. The van der Waals surface area contributed by atoms with E-state index in [0.717, 1.165) is 42.1 Å². The van der Waals surface area contributed by atoms with E-state index in [-0.39, 0.29) is 0 Å². The van der Waals surface area contributed by atoms with Gasteiger partial charge in [-0.05, 0) is 17.7 Å². The molecule has 0 aliphatic carbocycles. The second-order valence-electron chi connectivity index (χ2n) is 5.09. The molecular formula is C16H15N5. The highest BCUT2D eigenvalue weighted by atomic mass is 15.4. The van der Waals surface area contributed by atoms with E-state index in [0.29, 0.717) is 0 Å². The Labute approximate surface area is 122 Å². The van der Waals surface area contributed by atoms with Crippen molar-refractivity contribution in [1.82, 2.24) is 20.3 Å². The van der Waals surface area contributed by atoms with Crippen LogP contribution in [0.15, 0.2) is 53.5 Å². The van der Waals surface area contributed by atoms with Crippen LogP contribution in [-0.4, -0.2) is 33.9 Å². The lowest BCUT2D eigenvalue weighted by atomic mass is 10.1. The summed E-state index contributed by atoms with van der Waals surface area (Å²) in [4.78, 5) is 4.43.